The largest absolute Gasteiger partial charge is 0.451 e. The lowest BCUT2D eigenvalue weighted by Crippen LogP contribution is -2.55. The van der Waals surface area contributed by atoms with E-state index in [1.807, 2.05) is 4.90 Å². The minimum atomic E-state index is -4.54. The van der Waals surface area contributed by atoms with E-state index < -0.39 is 12.0 Å². The summed E-state index contributed by atoms with van der Waals surface area (Å²) < 4.78 is 38.7. The Morgan fingerprint density at radius 1 is 1.07 bits per heavy atom. The first-order valence-corrected chi connectivity index (χ1v) is 9.57. The number of rotatable bonds is 2. The van der Waals surface area contributed by atoms with E-state index in [1.54, 1.807) is 6.07 Å². The number of aliphatic hydroxyl groups is 1. The van der Waals surface area contributed by atoms with E-state index in [-0.39, 0.29) is 12.1 Å². The molecule has 0 spiro atoms. The Hall–Kier alpha value is -1.45. The molecule has 150 valence electrons. The van der Waals surface area contributed by atoms with E-state index in [4.69, 9.17) is 0 Å². The average Bonchev–Trinajstić information content (AvgIpc) is 3.04. The summed E-state index contributed by atoms with van der Waals surface area (Å²) in [5.74, 6) is -0.0852. The lowest BCUT2D eigenvalue weighted by Gasteiger charge is -2.44. The van der Waals surface area contributed by atoms with Crippen molar-refractivity contribution in [2.24, 2.45) is 11.8 Å². The van der Waals surface area contributed by atoms with Gasteiger partial charge in [-0.3, -0.25) is 4.90 Å². The minimum Gasteiger partial charge on any atom is -0.391 e. The van der Waals surface area contributed by atoms with Crippen LogP contribution in [-0.2, 0) is 6.18 Å². The van der Waals surface area contributed by atoms with Gasteiger partial charge in [0.25, 0.3) is 0 Å². The number of hydrogen-bond acceptors (Lipinski definition) is 6. The van der Waals surface area contributed by atoms with Crippen LogP contribution in [0.15, 0.2) is 12.3 Å². The zero-order valence-electron chi connectivity index (χ0n) is 15.4. The van der Waals surface area contributed by atoms with Gasteiger partial charge in [-0.15, -0.1) is 0 Å². The number of nitrogens with zero attached hydrogens (tertiary/aromatic N) is 5. The van der Waals surface area contributed by atoms with Crippen molar-refractivity contribution in [2.45, 2.75) is 31.2 Å². The van der Waals surface area contributed by atoms with Crippen LogP contribution < -0.4 is 4.90 Å². The van der Waals surface area contributed by atoms with Gasteiger partial charge in [-0.25, -0.2) is 9.97 Å². The van der Waals surface area contributed by atoms with E-state index in [0.717, 1.165) is 32.6 Å². The van der Waals surface area contributed by atoms with Crippen LogP contribution in [0.2, 0.25) is 0 Å². The monoisotopic (exact) mass is 385 g/mol. The summed E-state index contributed by atoms with van der Waals surface area (Å²) in [6.07, 6.45) is -2.13. The average molecular weight is 385 g/mol. The third kappa shape index (κ3) is 3.90. The van der Waals surface area contributed by atoms with Crippen molar-refractivity contribution in [1.82, 2.24) is 19.8 Å². The molecule has 2 saturated heterocycles. The second kappa shape index (κ2) is 7.18. The van der Waals surface area contributed by atoms with Crippen molar-refractivity contribution >= 4 is 5.82 Å². The van der Waals surface area contributed by atoms with Crippen LogP contribution in [0.1, 0.15) is 18.7 Å². The van der Waals surface area contributed by atoms with Crippen molar-refractivity contribution in [1.29, 1.82) is 0 Å². The first-order valence-electron chi connectivity index (χ1n) is 9.57. The molecule has 1 aromatic rings. The highest BCUT2D eigenvalue weighted by Gasteiger charge is 2.44. The van der Waals surface area contributed by atoms with Crippen LogP contribution in [0.3, 0.4) is 0 Å². The fourth-order valence-electron chi connectivity index (χ4n) is 4.80. The highest BCUT2D eigenvalue weighted by atomic mass is 19.4. The SMILES string of the molecule is CN1CCN([C@@H]2C[C@@H]3CN(c4ccnc(C(F)(F)F)n4)C[C@@H]3C[C@H]2O)CC1. The quantitative estimate of drug-likeness (QED) is 0.829. The summed E-state index contributed by atoms with van der Waals surface area (Å²) in [4.78, 5) is 13.7. The molecular formula is C18H26F3N5O. The number of aromatic nitrogens is 2. The van der Waals surface area contributed by atoms with Crippen LogP contribution in [0.5, 0.6) is 0 Å². The van der Waals surface area contributed by atoms with Crippen LogP contribution in [0.25, 0.3) is 0 Å². The Kier molecular flexibility index (Phi) is 5.02. The van der Waals surface area contributed by atoms with E-state index in [9.17, 15) is 18.3 Å². The molecule has 1 aromatic heterocycles. The molecule has 2 aliphatic heterocycles. The van der Waals surface area contributed by atoms with Gasteiger partial charge in [0.15, 0.2) is 0 Å². The Morgan fingerprint density at radius 2 is 1.74 bits per heavy atom. The molecule has 27 heavy (non-hydrogen) atoms. The lowest BCUT2D eigenvalue weighted by molar-refractivity contribution is -0.144. The van der Waals surface area contributed by atoms with Gasteiger partial charge in [0.1, 0.15) is 5.82 Å². The number of likely N-dealkylation sites (N-methyl/N-ethyl adjacent to an activating group) is 1. The van der Waals surface area contributed by atoms with Crippen molar-refractivity contribution in [3.05, 3.63) is 18.1 Å². The molecule has 4 atom stereocenters. The molecule has 0 aromatic carbocycles. The maximum absolute atomic E-state index is 12.9. The second-order valence-corrected chi connectivity index (χ2v) is 8.11. The number of piperazine rings is 1. The summed E-state index contributed by atoms with van der Waals surface area (Å²) >= 11 is 0. The van der Waals surface area contributed by atoms with Gasteiger partial charge in [-0.1, -0.05) is 0 Å². The maximum atomic E-state index is 12.9. The first-order chi connectivity index (χ1) is 12.8. The normalized spacial score (nSPS) is 33.3. The Labute approximate surface area is 157 Å². The topological polar surface area (TPSA) is 55.7 Å². The molecule has 0 radical (unpaired) electrons. The zero-order valence-corrected chi connectivity index (χ0v) is 15.4. The van der Waals surface area contributed by atoms with Crippen molar-refractivity contribution < 1.29 is 18.3 Å². The second-order valence-electron chi connectivity index (χ2n) is 8.11. The highest BCUT2D eigenvalue weighted by molar-refractivity contribution is 5.40. The summed E-state index contributed by atoms with van der Waals surface area (Å²) in [7, 11) is 2.11. The maximum Gasteiger partial charge on any atom is 0.451 e. The summed E-state index contributed by atoms with van der Waals surface area (Å²) in [6, 6.07) is 1.69. The predicted octanol–water partition coefficient (Wildman–Crippen LogP) is 1.32. The first kappa shape index (κ1) is 18.9. The number of hydrogen-bond donors (Lipinski definition) is 1. The number of fused-ring (bicyclic) bond motifs is 1. The fraction of sp³-hybridized carbons (Fsp3) is 0.778. The third-order valence-corrected chi connectivity index (χ3v) is 6.33. The van der Waals surface area contributed by atoms with Crippen LogP contribution in [0, 0.1) is 11.8 Å². The standard InChI is InChI=1S/C18H26F3N5O/c1-24-4-6-25(7-5-24)14-8-12-10-26(11-13(12)9-15(14)27)16-2-3-22-17(23-16)18(19,20)21/h2-3,12-15,27H,4-11H2,1H3/t12-,13+,14-,15-/m1/s1. The minimum absolute atomic E-state index is 0.149. The number of anilines is 1. The number of aliphatic hydroxyl groups excluding tert-OH is 1. The van der Waals surface area contributed by atoms with Gasteiger partial charge in [-0.05, 0) is 37.8 Å². The molecule has 0 unspecified atom stereocenters. The molecule has 1 N–H and O–H groups in total. The van der Waals surface area contributed by atoms with E-state index in [2.05, 4.69) is 26.8 Å². The van der Waals surface area contributed by atoms with Gasteiger partial charge in [0.05, 0.1) is 6.10 Å². The van der Waals surface area contributed by atoms with Crippen molar-refractivity contribution in [2.75, 3.05) is 51.2 Å². The molecule has 1 saturated carbocycles. The van der Waals surface area contributed by atoms with Gasteiger partial charge in [-0.2, -0.15) is 13.2 Å². The van der Waals surface area contributed by atoms with Crippen LogP contribution in [-0.4, -0.2) is 83.3 Å². The van der Waals surface area contributed by atoms with E-state index in [0.29, 0.717) is 37.2 Å². The van der Waals surface area contributed by atoms with Gasteiger partial charge < -0.3 is 14.9 Å². The fourth-order valence-corrected chi connectivity index (χ4v) is 4.80. The lowest BCUT2D eigenvalue weighted by atomic mass is 9.77. The summed E-state index contributed by atoms with van der Waals surface area (Å²) in [5, 5.41) is 10.7. The number of halogens is 3. The molecule has 0 amide bonds. The Bertz CT molecular complexity index is 665. The van der Waals surface area contributed by atoms with E-state index in [1.165, 1.54) is 6.20 Å². The smallest absolute Gasteiger partial charge is 0.391 e. The third-order valence-electron chi connectivity index (χ3n) is 6.33. The van der Waals surface area contributed by atoms with Crippen LogP contribution in [0.4, 0.5) is 19.0 Å². The Morgan fingerprint density at radius 3 is 2.41 bits per heavy atom. The molecule has 1 aliphatic carbocycles. The molecule has 0 bridgehead atoms. The molecule has 3 heterocycles. The predicted molar refractivity (Wildman–Crippen MR) is 94.3 cm³/mol. The summed E-state index contributed by atoms with van der Waals surface area (Å²) in [5.41, 5.74) is 0. The molecule has 3 fully saturated rings. The van der Waals surface area contributed by atoms with Gasteiger partial charge in [0, 0.05) is 51.5 Å². The zero-order chi connectivity index (χ0) is 19.2. The molecule has 9 heteroatoms. The van der Waals surface area contributed by atoms with Crippen molar-refractivity contribution in [3.63, 3.8) is 0 Å². The van der Waals surface area contributed by atoms with Gasteiger partial charge >= 0.3 is 6.18 Å². The molecule has 6 nitrogen and oxygen atoms in total. The summed E-state index contributed by atoms with van der Waals surface area (Å²) in [6.45, 7) is 5.26. The van der Waals surface area contributed by atoms with Crippen molar-refractivity contribution in [3.8, 4) is 0 Å². The molecular weight excluding hydrogens is 359 g/mol. The van der Waals surface area contributed by atoms with Crippen LogP contribution >= 0.6 is 0 Å². The number of alkyl halides is 3. The van der Waals surface area contributed by atoms with E-state index >= 15 is 0 Å². The Balaban J connectivity index is 1.44. The molecule has 4 rings (SSSR count). The molecule has 3 aliphatic rings. The highest BCUT2D eigenvalue weighted by Crippen LogP contribution is 2.40. The van der Waals surface area contributed by atoms with Gasteiger partial charge in [0.2, 0.25) is 5.82 Å².